The lowest BCUT2D eigenvalue weighted by Gasteiger charge is -2.21. The molecule has 1 aromatic rings. The van der Waals surface area contributed by atoms with E-state index in [1.165, 1.54) is 18.2 Å². The number of ketones is 1. The van der Waals surface area contributed by atoms with Gasteiger partial charge in [0.05, 0.1) is 4.90 Å². The molecule has 0 aromatic heterocycles. The summed E-state index contributed by atoms with van der Waals surface area (Å²) in [5.41, 5.74) is 5.62. The molecule has 1 amide bonds. The van der Waals surface area contributed by atoms with Crippen LogP contribution in [0, 0.1) is 0 Å². The van der Waals surface area contributed by atoms with E-state index in [1.54, 1.807) is 13.0 Å². The molecule has 21 heavy (non-hydrogen) atoms. The van der Waals surface area contributed by atoms with Gasteiger partial charge in [0.2, 0.25) is 15.9 Å². The molecule has 1 heterocycles. The molecule has 0 bridgehead atoms. The van der Waals surface area contributed by atoms with Gasteiger partial charge in [0.25, 0.3) is 0 Å². The Balaban J connectivity index is 2.40. The lowest BCUT2D eigenvalue weighted by atomic mass is 10.1. The Kier molecular flexibility index (Phi) is 4.43. The number of nitrogens with two attached hydrogens (primary N) is 1. The lowest BCUT2D eigenvalue weighted by molar-refractivity contribution is -0.121. The topological polar surface area (TPSA) is 97.5 Å². The Morgan fingerprint density at radius 3 is 2.71 bits per heavy atom. The third-order valence-corrected chi connectivity index (χ3v) is 5.52. The number of nitrogens with zero attached hydrogens (tertiary/aromatic N) is 1. The molecular weight excluding hydrogens is 292 g/mol. The summed E-state index contributed by atoms with van der Waals surface area (Å²) < 4.78 is 26.4. The van der Waals surface area contributed by atoms with E-state index in [2.05, 4.69) is 0 Å². The first kappa shape index (κ1) is 15.7. The molecule has 1 atom stereocenters. The van der Waals surface area contributed by atoms with Crippen LogP contribution in [0.1, 0.15) is 36.5 Å². The van der Waals surface area contributed by atoms with Gasteiger partial charge in [-0.3, -0.25) is 9.59 Å². The molecule has 2 N–H and O–H groups in total. The standard InChI is InChI=1S/C14H18N2O4S/c1-2-13(17)10-5-3-6-11(9-10)21(19,20)16-8-4-7-12(16)14(15)18/h3,5-6,9,12H,2,4,7-8H2,1H3,(H2,15,18). The van der Waals surface area contributed by atoms with Gasteiger partial charge < -0.3 is 5.73 Å². The van der Waals surface area contributed by atoms with Crippen molar-refractivity contribution >= 4 is 21.7 Å². The molecule has 0 radical (unpaired) electrons. The smallest absolute Gasteiger partial charge is 0.243 e. The minimum absolute atomic E-state index is 0.0231. The van der Waals surface area contributed by atoms with E-state index < -0.39 is 22.0 Å². The molecule has 1 aromatic carbocycles. The summed E-state index contributed by atoms with van der Waals surface area (Å²) in [6.45, 7) is 1.98. The molecule has 0 spiro atoms. The molecule has 114 valence electrons. The van der Waals surface area contributed by atoms with E-state index in [9.17, 15) is 18.0 Å². The summed E-state index contributed by atoms with van der Waals surface area (Å²) in [5.74, 6) is -0.767. The van der Waals surface area contributed by atoms with E-state index in [0.29, 0.717) is 24.8 Å². The van der Waals surface area contributed by atoms with E-state index >= 15 is 0 Å². The Morgan fingerprint density at radius 1 is 1.38 bits per heavy atom. The minimum Gasteiger partial charge on any atom is -0.368 e. The van der Waals surface area contributed by atoms with Crippen LogP contribution in [-0.2, 0) is 14.8 Å². The highest BCUT2D eigenvalue weighted by molar-refractivity contribution is 7.89. The van der Waals surface area contributed by atoms with Crippen LogP contribution in [0.3, 0.4) is 0 Å². The third kappa shape index (κ3) is 2.98. The van der Waals surface area contributed by atoms with Crippen molar-refractivity contribution < 1.29 is 18.0 Å². The van der Waals surface area contributed by atoms with E-state index in [-0.39, 0.29) is 17.2 Å². The highest BCUT2D eigenvalue weighted by Crippen LogP contribution is 2.26. The number of sulfonamides is 1. The molecule has 2 rings (SSSR count). The lowest BCUT2D eigenvalue weighted by Crippen LogP contribution is -2.43. The van der Waals surface area contributed by atoms with Crippen LogP contribution in [0.15, 0.2) is 29.2 Å². The average molecular weight is 310 g/mol. The van der Waals surface area contributed by atoms with Crippen molar-refractivity contribution in [2.24, 2.45) is 5.73 Å². The number of benzene rings is 1. The predicted octanol–water partition coefficient (Wildman–Crippen LogP) is 0.918. The summed E-state index contributed by atoms with van der Waals surface area (Å²) in [5, 5.41) is 0. The van der Waals surface area contributed by atoms with Crippen molar-refractivity contribution in [2.75, 3.05) is 6.54 Å². The van der Waals surface area contributed by atoms with Crippen LogP contribution in [0.5, 0.6) is 0 Å². The first-order valence-electron chi connectivity index (χ1n) is 6.82. The van der Waals surface area contributed by atoms with Gasteiger partial charge in [0, 0.05) is 18.5 Å². The van der Waals surface area contributed by atoms with Crippen LogP contribution in [0.4, 0.5) is 0 Å². The number of hydrogen-bond donors (Lipinski definition) is 1. The molecule has 0 saturated carbocycles. The maximum absolute atomic E-state index is 12.6. The maximum atomic E-state index is 12.6. The average Bonchev–Trinajstić information content (AvgIpc) is 2.97. The van der Waals surface area contributed by atoms with Gasteiger partial charge in [0.15, 0.2) is 5.78 Å². The third-order valence-electron chi connectivity index (χ3n) is 3.62. The Morgan fingerprint density at radius 2 is 2.10 bits per heavy atom. The van der Waals surface area contributed by atoms with Crippen LogP contribution in [-0.4, -0.2) is 37.0 Å². The molecular formula is C14H18N2O4S. The molecule has 1 fully saturated rings. The fraction of sp³-hybridized carbons (Fsp3) is 0.429. The molecule has 7 heteroatoms. The Hall–Kier alpha value is -1.73. The van der Waals surface area contributed by atoms with Crippen molar-refractivity contribution in [1.29, 1.82) is 0 Å². The van der Waals surface area contributed by atoms with Gasteiger partial charge in [0.1, 0.15) is 6.04 Å². The van der Waals surface area contributed by atoms with Gasteiger partial charge >= 0.3 is 0 Å². The summed E-state index contributed by atoms with van der Waals surface area (Å²) in [6, 6.07) is 5.10. The Labute approximate surface area is 124 Å². The highest BCUT2D eigenvalue weighted by Gasteiger charge is 2.38. The quantitative estimate of drug-likeness (QED) is 0.818. The van der Waals surface area contributed by atoms with Gasteiger partial charge in [-0.2, -0.15) is 4.31 Å². The fourth-order valence-electron chi connectivity index (χ4n) is 2.48. The number of amides is 1. The van der Waals surface area contributed by atoms with Crippen LogP contribution < -0.4 is 5.73 Å². The number of primary amides is 1. The Bertz CT molecular complexity index is 669. The van der Waals surface area contributed by atoms with Crippen LogP contribution in [0.25, 0.3) is 0 Å². The second kappa shape index (κ2) is 5.95. The minimum atomic E-state index is -3.82. The van der Waals surface area contributed by atoms with Gasteiger partial charge in [-0.05, 0) is 25.0 Å². The van der Waals surface area contributed by atoms with Crippen molar-refractivity contribution in [2.45, 2.75) is 37.1 Å². The van der Waals surface area contributed by atoms with Crippen molar-refractivity contribution in [3.63, 3.8) is 0 Å². The van der Waals surface area contributed by atoms with Crippen molar-refractivity contribution in [1.82, 2.24) is 4.31 Å². The van der Waals surface area contributed by atoms with Crippen molar-refractivity contribution in [3.8, 4) is 0 Å². The largest absolute Gasteiger partial charge is 0.368 e. The van der Waals surface area contributed by atoms with Gasteiger partial charge in [-0.1, -0.05) is 19.1 Å². The second-order valence-electron chi connectivity index (χ2n) is 4.98. The highest BCUT2D eigenvalue weighted by atomic mass is 32.2. The van der Waals surface area contributed by atoms with Crippen LogP contribution >= 0.6 is 0 Å². The molecule has 1 unspecified atom stereocenters. The number of Topliss-reactive ketones (excluding diaryl/α,β-unsaturated/α-hetero) is 1. The van der Waals surface area contributed by atoms with E-state index in [4.69, 9.17) is 5.73 Å². The normalized spacial score (nSPS) is 19.6. The van der Waals surface area contributed by atoms with E-state index in [1.807, 2.05) is 0 Å². The monoisotopic (exact) mass is 310 g/mol. The molecule has 1 aliphatic heterocycles. The first-order valence-corrected chi connectivity index (χ1v) is 8.26. The summed E-state index contributed by atoms with van der Waals surface area (Å²) >= 11 is 0. The number of hydrogen-bond acceptors (Lipinski definition) is 4. The second-order valence-corrected chi connectivity index (χ2v) is 6.87. The number of carbonyl (C=O) groups is 2. The predicted molar refractivity (Wildman–Crippen MR) is 77.2 cm³/mol. The zero-order chi connectivity index (χ0) is 15.6. The number of rotatable bonds is 5. The maximum Gasteiger partial charge on any atom is 0.243 e. The zero-order valence-electron chi connectivity index (χ0n) is 11.8. The summed E-state index contributed by atoms with van der Waals surface area (Å²) in [4.78, 5) is 23.1. The molecule has 1 saturated heterocycles. The molecule has 6 nitrogen and oxygen atoms in total. The first-order chi connectivity index (χ1) is 9.87. The molecule has 0 aliphatic carbocycles. The number of carbonyl (C=O) groups excluding carboxylic acids is 2. The summed E-state index contributed by atoms with van der Waals surface area (Å²) in [6.07, 6.45) is 1.33. The van der Waals surface area contributed by atoms with E-state index in [0.717, 1.165) is 4.31 Å². The zero-order valence-corrected chi connectivity index (χ0v) is 12.6. The van der Waals surface area contributed by atoms with Crippen molar-refractivity contribution in [3.05, 3.63) is 29.8 Å². The summed E-state index contributed by atoms with van der Waals surface area (Å²) in [7, 11) is -3.82. The molecule has 1 aliphatic rings. The van der Waals surface area contributed by atoms with Crippen LogP contribution in [0.2, 0.25) is 0 Å². The SMILES string of the molecule is CCC(=O)c1cccc(S(=O)(=O)N2CCCC2C(N)=O)c1. The van der Waals surface area contributed by atoms with Gasteiger partial charge in [-0.25, -0.2) is 8.42 Å². The van der Waals surface area contributed by atoms with Gasteiger partial charge in [-0.15, -0.1) is 0 Å². The fourth-order valence-corrected chi connectivity index (χ4v) is 4.19.